The Balaban J connectivity index is 2.46. The lowest BCUT2D eigenvalue weighted by atomic mass is 9.88. The molecule has 0 spiro atoms. The Kier molecular flexibility index (Phi) is 2.79. The van der Waals surface area contributed by atoms with E-state index in [4.69, 9.17) is 0 Å². The molecule has 4 heteroatoms. The molecule has 2 unspecified atom stereocenters. The second-order valence-corrected chi connectivity index (χ2v) is 3.91. The third-order valence-corrected chi connectivity index (χ3v) is 2.63. The summed E-state index contributed by atoms with van der Waals surface area (Å²) < 4.78 is 37.8. The lowest BCUT2D eigenvalue weighted by molar-refractivity contribution is 0.00126. The molecule has 0 nitrogen and oxygen atoms in total. The highest BCUT2D eigenvalue weighted by molar-refractivity contribution is 7.18. The Hall–Kier alpha value is 0.220. The van der Waals surface area contributed by atoms with Crippen LogP contribution in [0.4, 0.5) is 13.2 Å². The molecule has 1 rings (SSSR count). The van der Waals surface area contributed by atoms with E-state index in [9.17, 15) is 13.2 Å². The minimum Gasteiger partial charge on any atom is -0.247 e. The molecule has 1 fully saturated rings. The number of hydrogen-bond acceptors (Lipinski definition) is 0. The van der Waals surface area contributed by atoms with Crippen LogP contribution in [0, 0.1) is 5.92 Å². The standard InChI is InChI=1S/C7H12F3P/c8-6-3-1-2-5(4-6)7(9,10)11/h5-6H,1-4,11H2/t5-,6?/m0/s1. The van der Waals surface area contributed by atoms with E-state index in [1.807, 2.05) is 0 Å². The Morgan fingerprint density at radius 2 is 1.91 bits per heavy atom. The molecule has 0 amide bonds. The lowest BCUT2D eigenvalue weighted by Gasteiger charge is -2.28. The van der Waals surface area contributed by atoms with Crippen LogP contribution in [-0.4, -0.2) is 11.8 Å². The summed E-state index contributed by atoms with van der Waals surface area (Å²) in [7, 11) is 1.50. The minimum absolute atomic E-state index is 0.0243. The van der Waals surface area contributed by atoms with Gasteiger partial charge in [0.05, 0.1) is 0 Å². The van der Waals surface area contributed by atoms with E-state index in [2.05, 4.69) is 0 Å². The molecule has 1 aliphatic rings. The third kappa shape index (κ3) is 2.62. The summed E-state index contributed by atoms with van der Waals surface area (Å²) in [5.74, 6) is -0.767. The molecule has 3 atom stereocenters. The van der Waals surface area contributed by atoms with Crippen molar-refractivity contribution in [1.29, 1.82) is 0 Å². The second-order valence-electron chi connectivity index (χ2n) is 3.14. The van der Waals surface area contributed by atoms with Crippen molar-refractivity contribution in [3.8, 4) is 0 Å². The van der Waals surface area contributed by atoms with Gasteiger partial charge in [-0.1, -0.05) is 15.7 Å². The van der Waals surface area contributed by atoms with Gasteiger partial charge in [-0.3, -0.25) is 0 Å². The van der Waals surface area contributed by atoms with Crippen LogP contribution in [0.5, 0.6) is 0 Å². The average molecular weight is 184 g/mol. The topological polar surface area (TPSA) is 0 Å². The van der Waals surface area contributed by atoms with Gasteiger partial charge < -0.3 is 0 Å². The molecule has 0 heterocycles. The number of rotatable bonds is 1. The van der Waals surface area contributed by atoms with Crippen molar-refractivity contribution in [2.45, 2.75) is 37.5 Å². The normalized spacial score (nSPS) is 33.8. The van der Waals surface area contributed by atoms with Gasteiger partial charge in [0.25, 0.3) is 5.66 Å². The number of hydrogen-bond donors (Lipinski definition) is 0. The van der Waals surface area contributed by atoms with Crippen molar-refractivity contribution in [2.75, 3.05) is 0 Å². The molecule has 0 aromatic rings. The molecule has 66 valence electrons. The second kappa shape index (κ2) is 3.30. The highest BCUT2D eigenvalue weighted by atomic mass is 31.0. The predicted octanol–water partition coefficient (Wildman–Crippen LogP) is 2.98. The third-order valence-electron chi connectivity index (χ3n) is 2.15. The van der Waals surface area contributed by atoms with Crippen molar-refractivity contribution < 1.29 is 13.2 Å². The van der Waals surface area contributed by atoms with E-state index in [1.165, 1.54) is 9.24 Å². The maximum Gasteiger partial charge on any atom is 0.261 e. The SMILES string of the molecule is FC1CCC[C@H](C(F)(F)P)C1. The summed E-state index contributed by atoms with van der Waals surface area (Å²) in [4.78, 5) is 0. The van der Waals surface area contributed by atoms with Gasteiger partial charge in [-0.15, -0.1) is 0 Å². The van der Waals surface area contributed by atoms with E-state index in [1.54, 1.807) is 0 Å². The first-order valence-electron chi connectivity index (χ1n) is 3.81. The number of halogens is 3. The molecule has 0 saturated heterocycles. The smallest absolute Gasteiger partial charge is 0.247 e. The summed E-state index contributed by atoms with van der Waals surface area (Å²) in [6.07, 6.45) is 0.515. The fourth-order valence-corrected chi connectivity index (χ4v) is 1.78. The Morgan fingerprint density at radius 3 is 2.27 bits per heavy atom. The molecular formula is C7H12F3P. The maximum atomic E-state index is 12.6. The molecule has 1 aliphatic carbocycles. The zero-order chi connectivity index (χ0) is 8.48. The van der Waals surface area contributed by atoms with Gasteiger partial charge in [0, 0.05) is 5.92 Å². The fourth-order valence-electron chi connectivity index (χ4n) is 1.48. The first-order chi connectivity index (χ1) is 5.00. The zero-order valence-corrected chi connectivity index (χ0v) is 7.35. The maximum absolute atomic E-state index is 12.6. The summed E-state index contributed by atoms with van der Waals surface area (Å²) in [5, 5.41) is 0. The Morgan fingerprint density at radius 1 is 1.27 bits per heavy atom. The Labute approximate surface area is 66.7 Å². The molecule has 0 aromatic carbocycles. The van der Waals surface area contributed by atoms with Crippen molar-refractivity contribution in [2.24, 2.45) is 5.92 Å². The quantitative estimate of drug-likeness (QED) is 0.549. The highest BCUT2D eigenvalue weighted by Crippen LogP contribution is 2.41. The predicted molar refractivity (Wildman–Crippen MR) is 41.5 cm³/mol. The van der Waals surface area contributed by atoms with Gasteiger partial charge in [0.15, 0.2) is 0 Å². The minimum atomic E-state index is -2.77. The fraction of sp³-hybridized carbons (Fsp3) is 1.00. The molecule has 0 aromatic heterocycles. The van der Waals surface area contributed by atoms with Gasteiger partial charge in [-0.2, -0.15) is 0 Å². The van der Waals surface area contributed by atoms with E-state index >= 15 is 0 Å². The molecule has 1 saturated carbocycles. The van der Waals surface area contributed by atoms with Gasteiger partial charge >= 0.3 is 0 Å². The van der Waals surface area contributed by atoms with E-state index in [0.29, 0.717) is 19.3 Å². The van der Waals surface area contributed by atoms with E-state index in [-0.39, 0.29) is 6.42 Å². The highest BCUT2D eigenvalue weighted by Gasteiger charge is 2.37. The van der Waals surface area contributed by atoms with Crippen LogP contribution >= 0.6 is 9.24 Å². The first kappa shape index (κ1) is 9.31. The molecule has 0 aliphatic heterocycles. The van der Waals surface area contributed by atoms with Crippen LogP contribution in [0.15, 0.2) is 0 Å². The van der Waals surface area contributed by atoms with Crippen molar-refractivity contribution in [3.05, 3.63) is 0 Å². The monoisotopic (exact) mass is 184 g/mol. The first-order valence-corrected chi connectivity index (χ1v) is 4.38. The van der Waals surface area contributed by atoms with Crippen LogP contribution in [0.2, 0.25) is 0 Å². The molecular weight excluding hydrogens is 172 g/mol. The van der Waals surface area contributed by atoms with Gasteiger partial charge in [0.1, 0.15) is 6.17 Å². The summed E-state index contributed by atoms with van der Waals surface area (Å²) in [6.45, 7) is 0. The van der Waals surface area contributed by atoms with Crippen LogP contribution < -0.4 is 0 Å². The number of alkyl halides is 3. The van der Waals surface area contributed by atoms with Crippen molar-refractivity contribution in [1.82, 2.24) is 0 Å². The lowest BCUT2D eigenvalue weighted by Crippen LogP contribution is -2.27. The van der Waals surface area contributed by atoms with Gasteiger partial charge in [-0.25, -0.2) is 13.2 Å². The van der Waals surface area contributed by atoms with Crippen LogP contribution in [0.1, 0.15) is 25.7 Å². The molecule has 0 N–H and O–H groups in total. The van der Waals surface area contributed by atoms with Crippen molar-refractivity contribution >= 4 is 9.24 Å². The van der Waals surface area contributed by atoms with Gasteiger partial charge in [-0.05, 0) is 19.3 Å². The average Bonchev–Trinajstić information content (AvgIpc) is 1.86. The summed E-state index contributed by atoms with van der Waals surface area (Å²) >= 11 is 0. The van der Waals surface area contributed by atoms with E-state index < -0.39 is 17.8 Å². The largest absolute Gasteiger partial charge is 0.261 e. The van der Waals surface area contributed by atoms with Crippen LogP contribution in [-0.2, 0) is 0 Å². The van der Waals surface area contributed by atoms with E-state index in [0.717, 1.165) is 0 Å². The molecule has 11 heavy (non-hydrogen) atoms. The van der Waals surface area contributed by atoms with Crippen LogP contribution in [0.3, 0.4) is 0 Å². The van der Waals surface area contributed by atoms with Crippen molar-refractivity contribution in [3.63, 3.8) is 0 Å². The van der Waals surface area contributed by atoms with Crippen LogP contribution in [0.25, 0.3) is 0 Å². The summed E-state index contributed by atoms with van der Waals surface area (Å²) in [6, 6.07) is 0. The zero-order valence-electron chi connectivity index (χ0n) is 6.19. The Bertz CT molecular complexity index is 132. The molecule has 0 radical (unpaired) electrons. The summed E-state index contributed by atoms with van der Waals surface area (Å²) in [5.41, 5.74) is -2.77. The molecule has 0 bridgehead atoms. The van der Waals surface area contributed by atoms with Gasteiger partial charge in [0.2, 0.25) is 0 Å².